The summed E-state index contributed by atoms with van der Waals surface area (Å²) in [6.45, 7) is 2.34. The molecular weight excluding hydrogens is 577 g/mol. The number of benzene rings is 6. The molecule has 0 spiro atoms. The van der Waals surface area contributed by atoms with Crippen LogP contribution in [0, 0.1) is 5.92 Å². The second kappa shape index (κ2) is 11.9. The number of nitrogens with one attached hydrogen (secondary N) is 1. The molecule has 2 unspecified atom stereocenters. The molecule has 0 saturated carbocycles. The van der Waals surface area contributed by atoms with Crippen molar-refractivity contribution >= 4 is 43.2 Å². The SMILES string of the molecule is CC1C=C(S(c2ccccc2)(c2cccc(Nc3ccccc3)c2)c2cccc3c2c2ccccc2n3-c2ccccc2)C=CC1. The van der Waals surface area contributed by atoms with Gasteiger partial charge in [-0.25, -0.2) is 0 Å². The van der Waals surface area contributed by atoms with Crippen LogP contribution in [0.25, 0.3) is 27.5 Å². The van der Waals surface area contributed by atoms with Gasteiger partial charge in [-0.1, -0.05) is 110 Å². The van der Waals surface area contributed by atoms with Crippen molar-refractivity contribution in [3.05, 3.63) is 181 Å². The van der Waals surface area contributed by atoms with Crippen LogP contribution in [-0.2, 0) is 0 Å². The summed E-state index contributed by atoms with van der Waals surface area (Å²) < 4.78 is 2.43. The van der Waals surface area contributed by atoms with Crippen molar-refractivity contribution in [2.75, 3.05) is 5.32 Å². The van der Waals surface area contributed by atoms with Gasteiger partial charge < -0.3 is 9.88 Å². The van der Waals surface area contributed by atoms with Gasteiger partial charge >= 0.3 is 0 Å². The molecule has 1 aliphatic rings. The average Bonchev–Trinajstić information content (AvgIpc) is 3.45. The molecule has 0 aliphatic heterocycles. The summed E-state index contributed by atoms with van der Waals surface area (Å²) in [5.41, 5.74) is 5.79. The molecule has 3 heteroatoms. The Morgan fingerprint density at radius 1 is 0.609 bits per heavy atom. The summed E-state index contributed by atoms with van der Waals surface area (Å²) in [7, 11) is -1.95. The van der Waals surface area contributed by atoms with E-state index in [1.165, 1.54) is 47.1 Å². The second-order valence-electron chi connectivity index (χ2n) is 12.0. The Morgan fingerprint density at radius 2 is 1.24 bits per heavy atom. The number of rotatable bonds is 7. The van der Waals surface area contributed by atoms with Crippen LogP contribution in [0.4, 0.5) is 11.4 Å². The monoisotopic (exact) mass is 612 g/mol. The lowest BCUT2D eigenvalue weighted by molar-refractivity contribution is 0.734. The standard InChI is InChI=1S/C43H36N2S/c1-32-16-13-24-37(30-32)46(36-22-9-4-10-23-36,38-25-14-19-34(31-38)44-33-17-5-2-6-18-33)42-29-15-28-41-43(42)39-26-11-12-27-40(39)45(41)35-20-7-3-8-21-35/h2-15,17-32,44H,16H2,1H3. The third kappa shape index (κ3) is 4.76. The van der Waals surface area contributed by atoms with Crippen molar-refractivity contribution in [3.8, 4) is 5.69 Å². The number of hydrogen-bond donors (Lipinski definition) is 1. The molecule has 2 atom stereocenters. The lowest BCUT2D eigenvalue weighted by Gasteiger charge is -2.44. The third-order valence-corrected chi connectivity index (χ3v) is 12.9. The summed E-state index contributed by atoms with van der Waals surface area (Å²) in [5, 5.41) is 6.28. The average molecular weight is 613 g/mol. The van der Waals surface area contributed by atoms with E-state index in [1.807, 2.05) is 0 Å². The van der Waals surface area contributed by atoms with E-state index in [-0.39, 0.29) is 0 Å². The van der Waals surface area contributed by atoms with Crippen LogP contribution < -0.4 is 5.32 Å². The van der Waals surface area contributed by atoms with Crippen molar-refractivity contribution in [1.82, 2.24) is 4.57 Å². The minimum Gasteiger partial charge on any atom is -0.355 e. The maximum absolute atomic E-state index is 3.70. The van der Waals surface area contributed by atoms with Crippen molar-refractivity contribution < 1.29 is 0 Å². The number of para-hydroxylation sites is 3. The highest BCUT2D eigenvalue weighted by Gasteiger charge is 2.37. The maximum atomic E-state index is 3.70. The van der Waals surface area contributed by atoms with Gasteiger partial charge in [0, 0.05) is 42.5 Å². The minimum atomic E-state index is -1.95. The van der Waals surface area contributed by atoms with Gasteiger partial charge in [0.2, 0.25) is 0 Å². The Morgan fingerprint density at radius 3 is 2.02 bits per heavy atom. The highest BCUT2D eigenvalue weighted by atomic mass is 32.3. The summed E-state index contributed by atoms with van der Waals surface area (Å²) in [6.07, 6.45) is 8.38. The van der Waals surface area contributed by atoms with E-state index in [0.29, 0.717) is 5.92 Å². The van der Waals surface area contributed by atoms with E-state index in [1.54, 1.807) is 0 Å². The summed E-state index contributed by atoms with van der Waals surface area (Å²) in [6, 6.07) is 57.4. The molecular formula is C43H36N2S. The van der Waals surface area contributed by atoms with E-state index in [0.717, 1.165) is 17.8 Å². The molecule has 8 rings (SSSR count). The molecule has 0 amide bonds. The Hall–Kier alpha value is -5.25. The Kier molecular flexibility index (Phi) is 7.32. The highest BCUT2D eigenvalue weighted by molar-refractivity contribution is 8.37. The first-order chi connectivity index (χ1) is 22.7. The molecule has 224 valence electrons. The fourth-order valence-electron chi connectivity index (χ4n) is 6.97. The summed E-state index contributed by atoms with van der Waals surface area (Å²) in [5.74, 6) is 0.450. The molecule has 1 aromatic heterocycles. The minimum absolute atomic E-state index is 0.450. The normalized spacial score (nSPS) is 16.5. The molecule has 0 bridgehead atoms. The van der Waals surface area contributed by atoms with Crippen LogP contribution in [0.1, 0.15) is 13.3 Å². The predicted molar refractivity (Wildman–Crippen MR) is 197 cm³/mol. The van der Waals surface area contributed by atoms with Crippen molar-refractivity contribution in [3.63, 3.8) is 0 Å². The largest absolute Gasteiger partial charge is 0.355 e. The highest BCUT2D eigenvalue weighted by Crippen LogP contribution is 2.75. The maximum Gasteiger partial charge on any atom is 0.0552 e. The van der Waals surface area contributed by atoms with Crippen LogP contribution in [0.5, 0.6) is 0 Å². The second-order valence-corrected chi connectivity index (χ2v) is 15.0. The topological polar surface area (TPSA) is 17.0 Å². The van der Waals surface area contributed by atoms with E-state index >= 15 is 0 Å². The Bertz CT molecular complexity index is 2210. The first kappa shape index (κ1) is 28.2. The van der Waals surface area contributed by atoms with E-state index < -0.39 is 10.0 Å². The number of anilines is 2. The molecule has 2 nitrogen and oxygen atoms in total. The zero-order valence-corrected chi connectivity index (χ0v) is 26.7. The van der Waals surface area contributed by atoms with Gasteiger partial charge in [-0.05, 0) is 90.0 Å². The van der Waals surface area contributed by atoms with E-state index in [4.69, 9.17) is 0 Å². The lowest BCUT2D eigenvalue weighted by Crippen LogP contribution is -2.10. The third-order valence-electron chi connectivity index (χ3n) is 8.94. The molecule has 0 saturated heterocycles. The zero-order valence-electron chi connectivity index (χ0n) is 25.9. The quantitative estimate of drug-likeness (QED) is 0.189. The van der Waals surface area contributed by atoms with Crippen LogP contribution in [-0.4, -0.2) is 4.57 Å². The smallest absolute Gasteiger partial charge is 0.0552 e. The number of aromatic nitrogens is 1. The van der Waals surface area contributed by atoms with E-state index in [2.05, 4.69) is 193 Å². The molecule has 1 N–H and O–H groups in total. The predicted octanol–water partition coefficient (Wildman–Crippen LogP) is 12.3. The van der Waals surface area contributed by atoms with Gasteiger partial charge in [0.1, 0.15) is 0 Å². The molecule has 1 aliphatic carbocycles. The zero-order chi connectivity index (χ0) is 30.9. The van der Waals surface area contributed by atoms with Gasteiger partial charge in [0.25, 0.3) is 0 Å². The van der Waals surface area contributed by atoms with Gasteiger partial charge in [-0.2, -0.15) is 0 Å². The number of hydrogen-bond acceptors (Lipinski definition) is 1. The first-order valence-electron chi connectivity index (χ1n) is 16.0. The van der Waals surface area contributed by atoms with Crippen LogP contribution in [0.15, 0.2) is 196 Å². The van der Waals surface area contributed by atoms with Crippen LogP contribution in [0.3, 0.4) is 0 Å². The number of fused-ring (bicyclic) bond motifs is 3. The summed E-state index contributed by atoms with van der Waals surface area (Å²) in [4.78, 5) is 5.40. The van der Waals surface area contributed by atoms with Gasteiger partial charge in [0.15, 0.2) is 0 Å². The Balaban J connectivity index is 1.50. The van der Waals surface area contributed by atoms with Crippen molar-refractivity contribution in [1.29, 1.82) is 0 Å². The van der Waals surface area contributed by atoms with Gasteiger partial charge in [0.05, 0.1) is 11.0 Å². The number of allylic oxidation sites excluding steroid dienone is 3. The summed E-state index contributed by atoms with van der Waals surface area (Å²) >= 11 is 0. The first-order valence-corrected chi connectivity index (χ1v) is 17.6. The fourth-order valence-corrected chi connectivity index (χ4v) is 11.2. The molecule has 0 fully saturated rings. The molecule has 7 aromatic rings. The molecule has 46 heavy (non-hydrogen) atoms. The van der Waals surface area contributed by atoms with Gasteiger partial charge in [-0.3, -0.25) is 0 Å². The molecule has 6 aromatic carbocycles. The molecule has 1 heterocycles. The van der Waals surface area contributed by atoms with Crippen LogP contribution in [0.2, 0.25) is 0 Å². The van der Waals surface area contributed by atoms with Crippen molar-refractivity contribution in [2.24, 2.45) is 5.92 Å². The van der Waals surface area contributed by atoms with Crippen molar-refractivity contribution in [2.45, 2.75) is 28.0 Å². The Labute approximate surface area is 272 Å². The number of nitrogens with zero attached hydrogens (tertiary/aromatic N) is 1. The van der Waals surface area contributed by atoms with E-state index in [9.17, 15) is 0 Å². The lowest BCUT2D eigenvalue weighted by atomic mass is 10.0. The van der Waals surface area contributed by atoms with Gasteiger partial charge in [-0.15, -0.1) is 10.0 Å². The van der Waals surface area contributed by atoms with Crippen LogP contribution >= 0.6 is 10.0 Å². The fraction of sp³-hybridized carbons (Fsp3) is 0.0698. The molecule has 0 radical (unpaired) electrons.